The van der Waals surface area contributed by atoms with E-state index >= 15 is 0 Å². The number of imidazole rings is 1. The molecule has 1 aliphatic rings. The number of likely N-dealkylation sites (tertiary alicyclic amines) is 1. The van der Waals surface area contributed by atoms with Crippen LogP contribution in [-0.2, 0) is 14.4 Å². The predicted octanol–water partition coefficient (Wildman–Crippen LogP) is 1.78. The van der Waals surface area contributed by atoms with Crippen molar-refractivity contribution >= 4 is 46.0 Å². The molecule has 0 saturated carbocycles. The normalized spacial score (nSPS) is 15.9. The van der Waals surface area contributed by atoms with Gasteiger partial charge in [-0.1, -0.05) is 23.5 Å². The predicted molar refractivity (Wildman–Crippen MR) is 115 cm³/mol. The number of anilines is 2. The Bertz CT molecular complexity index is 1040. The summed E-state index contributed by atoms with van der Waals surface area (Å²) in [5.74, 6) is 0.361. The van der Waals surface area contributed by atoms with Crippen LogP contribution in [0, 0.1) is 0 Å². The molecule has 3 amide bonds. The van der Waals surface area contributed by atoms with Gasteiger partial charge in [0.2, 0.25) is 18.2 Å². The average Bonchev–Trinajstić information content (AvgIpc) is 3.47. The van der Waals surface area contributed by atoms with Crippen LogP contribution in [0.4, 0.5) is 11.5 Å². The fraction of sp³-hybridized carbons (Fsp3) is 0.300. The van der Waals surface area contributed by atoms with E-state index in [9.17, 15) is 14.4 Å². The Morgan fingerprint density at radius 1 is 1.27 bits per heavy atom. The van der Waals surface area contributed by atoms with E-state index in [-0.39, 0.29) is 18.4 Å². The summed E-state index contributed by atoms with van der Waals surface area (Å²) >= 11 is 1.59. The molecule has 9 nitrogen and oxygen atoms in total. The Labute approximate surface area is 177 Å². The van der Waals surface area contributed by atoms with Crippen molar-refractivity contribution in [1.29, 1.82) is 0 Å². The van der Waals surface area contributed by atoms with Gasteiger partial charge in [0.25, 0.3) is 0 Å². The molecule has 0 radical (unpaired) electrons. The molecule has 3 N–H and O–H groups in total. The van der Waals surface area contributed by atoms with Crippen molar-refractivity contribution in [2.24, 2.45) is 0 Å². The van der Waals surface area contributed by atoms with Gasteiger partial charge in [-0.15, -0.1) is 0 Å². The monoisotopic (exact) mass is 426 g/mol. The Kier molecular flexibility index (Phi) is 5.66. The minimum atomic E-state index is -0.517. The largest absolute Gasteiger partial charge is 0.372 e. The lowest BCUT2D eigenvalue weighted by atomic mass is 10.1. The molecule has 30 heavy (non-hydrogen) atoms. The van der Waals surface area contributed by atoms with E-state index in [0.29, 0.717) is 25.1 Å². The first-order chi connectivity index (χ1) is 14.6. The van der Waals surface area contributed by atoms with Gasteiger partial charge in [0.1, 0.15) is 11.9 Å². The second-order valence-electron chi connectivity index (χ2n) is 6.97. The van der Waals surface area contributed by atoms with Crippen LogP contribution in [0.15, 0.2) is 36.7 Å². The maximum atomic E-state index is 12.7. The SMILES string of the molecule is CNc1cn2cc(-c3ccc(NC(=O)C4CCCN4C(=O)CNC=O)cc3)sc2n1. The molecule has 3 aromatic rings. The lowest BCUT2D eigenvalue weighted by Crippen LogP contribution is -2.46. The summed E-state index contributed by atoms with van der Waals surface area (Å²) in [6.45, 7) is 0.425. The number of carbonyl (C=O) groups excluding carboxylic acids is 3. The number of hydrogen-bond donors (Lipinski definition) is 3. The quantitative estimate of drug-likeness (QED) is 0.499. The first kappa shape index (κ1) is 19.9. The van der Waals surface area contributed by atoms with Gasteiger partial charge in [-0.25, -0.2) is 4.98 Å². The molecule has 1 unspecified atom stereocenters. The van der Waals surface area contributed by atoms with Crippen molar-refractivity contribution in [3.8, 4) is 10.4 Å². The highest BCUT2D eigenvalue weighted by Gasteiger charge is 2.33. The molecule has 3 heterocycles. The number of rotatable bonds is 7. The van der Waals surface area contributed by atoms with E-state index in [4.69, 9.17) is 0 Å². The Morgan fingerprint density at radius 3 is 2.77 bits per heavy atom. The minimum Gasteiger partial charge on any atom is -0.372 e. The molecule has 0 spiro atoms. The van der Waals surface area contributed by atoms with Crippen molar-refractivity contribution in [2.45, 2.75) is 18.9 Å². The van der Waals surface area contributed by atoms with Gasteiger partial charge in [0.05, 0.1) is 17.6 Å². The second kappa shape index (κ2) is 8.54. The number of thiazole rings is 1. The summed E-state index contributed by atoms with van der Waals surface area (Å²) < 4.78 is 1.98. The van der Waals surface area contributed by atoms with Gasteiger partial charge in [0, 0.05) is 25.5 Å². The number of hydrogen-bond acceptors (Lipinski definition) is 6. The second-order valence-corrected chi connectivity index (χ2v) is 7.98. The third-order valence-electron chi connectivity index (χ3n) is 5.06. The molecule has 2 aromatic heterocycles. The van der Waals surface area contributed by atoms with Crippen molar-refractivity contribution in [2.75, 3.05) is 30.8 Å². The highest BCUT2D eigenvalue weighted by molar-refractivity contribution is 7.20. The molecular formula is C20H22N6O3S. The van der Waals surface area contributed by atoms with Crippen LogP contribution >= 0.6 is 11.3 Å². The van der Waals surface area contributed by atoms with Gasteiger partial charge >= 0.3 is 0 Å². The van der Waals surface area contributed by atoms with Crippen LogP contribution < -0.4 is 16.0 Å². The maximum absolute atomic E-state index is 12.7. The highest BCUT2D eigenvalue weighted by atomic mass is 32.1. The van der Waals surface area contributed by atoms with Crippen LogP contribution in [0.25, 0.3) is 15.4 Å². The van der Waals surface area contributed by atoms with E-state index < -0.39 is 6.04 Å². The maximum Gasteiger partial charge on any atom is 0.247 e. The molecule has 4 rings (SSSR count). The summed E-state index contributed by atoms with van der Waals surface area (Å²) in [5, 5.41) is 8.27. The fourth-order valence-electron chi connectivity index (χ4n) is 3.56. The van der Waals surface area contributed by atoms with E-state index in [2.05, 4.69) is 20.9 Å². The Hall–Kier alpha value is -3.40. The van der Waals surface area contributed by atoms with Crippen molar-refractivity contribution in [1.82, 2.24) is 19.6 Å². The van der Waals surface area contributed by atoms with Gasteiger partial charge in [-0.05, 0) is 30.5 Å². The third-order valence-corrected chi connectivity index (χ3v) is 6.11. The molecule has 10 heteroatoms. The van der Waals surface area contributed by atoms with Crippen LogP contribution in [0.2, 0.25) is 0 Å². The zero-order valence-corrected chi connectivity index (χ0v) is 17.2. The molecular weight excluding hydrogens is 404 g/mol. The van der Waals surface area contributed by atoms with E-state index in [1.165, 1.54) is 4.90 Å². The minimum absolute atomic E-state index is 0.0952. The van der Waals surface area contributed by atoms with Gasteiger partial charge in [-0.2, -0.15) is 0 Å². The summed E-state index contributed by atoms with van der Waals surface area (Å²) in [7, 11) is 1.84. The van der Waals surface area contributed by atoms with E-state index in [0.717, 1.165) is 27.6 Å². The molecule has 1 saturated heterocycles. The standard InChI is InChI=1S/C20H22N6O3S/c1-21-17-11-25-10-16(30-20(25)24-17)13-4-6-14(7-5-13)23-19(29)15-3-2-8-26(15)18(28)9-22-12-27/h4-7,10-12,15,21H,2-3,8-9H2,1H3,(H,22,27)(H,23,29). The lowest BCUT2D eigenvalue weighted by molar-refractivity contribution is -0.136. The number of nitrogens with one attached hydrogen (secondary N) is 3. The number of benzene rings is 1. The number of carbonyl (C=O) groups is 3. The van der Waals surface area contributed by atoms with Crippen LogP contribution in [0.3, 0.4) is 0 Å². The van der Waals surface area contributed by atoms with Crippen LogP contribution in [-0.4, -0.2) is 58.7 Å². The zero-order valence-electron chi connectivity index (χ0n) is 16.4. The molecule has 1 aliphatic heterocycles. The van der Waals surface area contributed by atoms with E-state index in [1.807, 2.05) is 48.1 Å². The smallest absolute Gasteiger partial charge is 0.247 e. The fourth-order valence-corrected chi connectivity index (χ4v) is 4.53. The third kappa shape index (κ3) is 3.99. The Balaban J connectivity index is 1.42. The Morgan fingerprint density at radius 2 is 2.07 bits per heavy atom. The van der Waals surface area contributed by atoms with Crippen LogP contribution in [0.1, 0.15) is 12.8 Å². The topological polar surface area (TPSA) is 108 Å². The highest BCUT2D eigenvalue weighted by Crippen LogP contribution is 2.30. The molecule has 1 atom stereocenters. The van der Waals surface area contributed by atoms with Crippen molar-refractivity contribution < 1.29 is 14.4 Å². The summed E-state index contributed by atoms with van der Waals surface area (Å²) in [5.41, 5.74) is 1.71. The van der Waals surface area contributed by atoms with Crippen LogP contribution in [0.5, 0.6) is 0 Å². The molecule has 1 aromatic carbocycles. The number of amides is 3. The first-order valence-corrected chi connectivity index (χ1v) is 10.4. The molecule has 156 valence electrons. The summed E-state index contributed by atoms with van der Waals surface area (Å²) in [6, 6.07) is 7.09. The van der Waals surface area contributed by atoms with Gasteiger partial charge < -0.3 is 20.9 Å². The molecule has 1 fully saturated rings. The van der Waals surface area contributed by atoms with Crippen molar-refractivity contribution in [3.05, 3.63) is 36.7 Å². The van der Waals surface area contributed by atoms with Gasteiger partial charge in [0.15, 0.2) is 4.96 Å². The first-order valence-electron chi connectivity index (χ1n) is 9.63. The van der Waals surface area contributed by atoms with E-state index in [1.54, 1.807) is 11.3 Å². The average molecular weight is 427 g/mol. The summed E-state index contributed by atoms with van der Waals surface area (Å²) in [6.07, 6.45) is 5.81. The van der Waals surface area contributed by atoms with Crippen molar-refractivity contribution in [3.63, 3.8) is 0 Å². The molecule has 0 aliphatic carbocycles. The number of aromatic nitrogens is 2. The summed E-state index contributed by atoms with van der Waals surface area (Å²) in [4.78, 5) is 43.3. The molecule has 0 bridgehead atoms. The number of nitrogens with zero attached hydrogens (tertiary/aromatic N) is 3. The number of fused-ring (bicyclic) bond motifs is 1. The van der Waals surface area contributed by atoms with Gasteiger partial charge in [-0.3, -0.25) is 18.8 Å². The lowest BCUT2D eigenvalue weighted by Gasteiger charge is -2.23. The zero-order chi connectivity index (χ0) is 21.1.